The van der Waals surface area contributed by atoms with Crippen LogP contribution in [0, 0.1) is 12.7 Å². The van der Waals surface area contributed by atoms with Crippen LogP contribution in [0.15, 0.2) is 29.2 Å². The average molecular weight is 410 g/mol. The van der Waals surface area contributed by atoms with Gasteiger partial charge in [-0.2, -0.15) is 0 Å². The lowest BCUT2D eigenvalue weighted by Crippen LogP contribution is -2.18. The average Bonchev–Trinajstić information content (AvgIpc) is 2.96. The Labute approximate surface area is 164 Å². The fourth-order valence-electron chi connectivity index (χ4n) is 2.25. The van der Waals surface area contributed by atoms with Crippen molar-refractivity contribution >= 4 is 45.9 Å². The van der Waals surface area contributed by atoms with Crippen LogP contribution >= 0.6 is 23.1 Å². The van der Waals surface area contributed by atoms with Crippen molar-refractivity contribution in [3.05, 3.63) is 46.1 Å². The summed E-state index contributed by atoms with van der Waals surface area (Å²) in [6, 6.07) is 6.15. The number of hydrogen-bond acceptors (Lipinski definition) is 6. The number of benzene rings is 1. The topological polar surface area (TPSA) is 84.5 Å². The van der Waals surface area contributed by atoms with Crippen molar-refractivity contribution in [2.45, 2.75) is 18.7 Å². The van der Waals surface area contributed by atoms with Crippen LogP contribution in [-0.2, 0) is 9.53 Å². The van der Waals surface area contributed by atoms with Gasteiger partial charge in [-0.05, 0) is 31.5 Å². The van der Waals surface area contributed by atoms with Crippen molar-refractivity contribution < 1.29 is 23.5 Å². The van der Waals surface area contributed by atoms with E-state index in [0.717, 1.165) is 23.1 Å². The highest BCUT2D eigenvalue weighted by atomic mass is 32.2. The van der Waals surface area contributed by atoms with Gasteiger partial charge in [0.2, 0.25) is 5.91 Å². The minimum atomic E-state index is -0.613. The van der Waals surface area contributed by atoms with Gasteiger partial charge in [-0.15, -0.1) is 23.1 Å². The minimum absolute atomic E-state index is 0.0462. The number of thioether (sulfide) groups is 1. The number of halogens is 1. The molecule has 1 aromatic heterocycles. The first-order chi connectivity index (χ1) is 12.9. The molecule has 0 fully saturated rings. The number of ether oxygens (including phenoxy) is 1. The third-order valence-corrected chi connectivity index (χ3v) is 5.76. The molecule has 9 heteroatoms. The monoisotopic (exact) mass is 410 g/mol. The molecular formula is C18H19FN2O4S2. The second kappa shape index (κ2) is 9.52. The molecule has 2 aromatic rings. The standard InChI is InChI=1S/C18H19FN2O4S2/c1-4-25-18(24)14-10(2)15(16(23)20-3)27-17(14)21-13(22)9-26-12-8-6-5-7-11(12)19/h5-8H,4,9H2,1-3H3,(H,20,23)(H,21,22). The fourth-order valence-corrected chi connectivity index (χ4v) is 4.15. The van der Waals surface area contributed by atoms with Gasteiger partial charge in [0, 0.05) is 11.9 Å². The van der Waals surface area contributed by atoms with Gasteiger partial charge in [0.1, 0.15) is 10.8 Å². The van der Waals surface area contributed by atoms with Gasteiger partial charge in [0.25, 0.3) is 5.91 Å². The summed E-state index contributed by atoms with van der Waals surface area (Å²) in [5.41, 5.74) is 0.597. The summed E-state index contributed by atoms with van der Waals surface area (Å²) >= 11 is 2.04. The highest BCUT2D eigenvalue weighted by Crippen LogP contribution is 2.34. The molecule has 1 heterocycles. The molecule has 0 bridgehead atoms. The lowest BCUT2D eigenvalue weighted by Gasteiger charge is -2.07. The molecular weight excluding hydrogens is 391 g/mol. The Kier molecular flexibility index (Phi) is 7.37. The van der Waals surface area contributed by atoms with E-state index in [9.17, 15) is 18.8 Å². The van der Waals surface area contributed by atoms with E-state index in [1.54, 1.807) is 32.0 Å². The normalized spacial score (nSPS) is 10.4. The van der Waals surface area contributed by atoms with Crippen molar-refractivity contribution in [3.63, 3.8) is 0 Å². The fraction of sp³-hybridized carbons (Fsp3) is 0.278. The minimum Gasteiger partial charge on any atom is -0.462 e. The number of hydrogen-bond donors (Lipinski definition) is 2. The highest BCUT2D eigenvalue weighted by molar-refractivity contribution is 8.00. The van der Waals surface area contributed by atoms with E-state index in [1.807, 2.05) is 0 Å². The van der Waals surface area contributed by atoms with Crippen LogP contribution in [0.3, 0.4) is 0 Å². The van der Waals surface area contributed by atoms with Crippen LogP contribution in [0.1, 0.15) is 32.5 Å². The number of thiophene rings is 1. The van der Waals surface area contributed by atoms with Crippen LogP contribution in [0.25, 0.3) is 0 Å². The molecule has 0 aliphatic heterocycles. The molecule has 0 aliphatic rings. The van der Waals surface area contributed by atoms with E-state index < -0.39 is 17.7 Å². The summed E-state index contributed by atoms with van der Waals surface area (Å²) in [6.45, 7) is 3.46. The molecule has 0 atom stereocenters. The predicted octanol–water partition coefficient (Wildman–Crippen LogP) is 3.46. The molecule has 2 rings (SSSR count). The van der Waals surface area contributed by atoms with Crippen molar-refractivity contribution in [2.24, 2.45) is 0 Å². The number of esters is 1. The zero-order valence-corrected chi connectivity index (χ0v) is 16.7. The first-order valence-corrected chi connectivity index (χ1v) is 9.89. The van der Waals surface area contributed by atoms with Gasteiger partial charge in [-0.3, -0.25) is 9.59 Å². The van der Waals surface area contributed by atoms with Crippen LogP contribution in [0.5, 0.6) is 0 Å². The molecule has 6 nitrogen and oxygen atoms in total. The van der Waals surface area contributed by atoms with Crippen LogP contribution in [0.4, 0.5) is 9.39 Å². The van der Waals surface area contributed by atoms with E-state index in [2.05, 4.69) is 10.6 Å². The van der Waals surface area contributed by atoms with E-state index >= 15 is 0 Å². The van der Waals surface area contributed by atoms with Gasteiger partial charge in [-0.25, -0.2) is 9.18 Å². The lowest BCUT2D eigenvalue weighted by atomic mass is 10.1. The third kappa shape index (κ3) is 5.08. The Morgan fingerprint density at radius 3 is 2.59 bits per heavy atom. The van der Waals surface area contributed by atoms with E-state index in [4.69, 9.17) is 4.74 Å². The van der Waals surface area contributed by atoms with Crippen LogP contribution < -0.4 is 10.6 Å². The molecule has 0 saturated heterocycles. The zero-order valence-electron chi connectivity index (χ0n) is 15.1. The van der Waals surface area contributed by atoms with E-state index in [0.29, 0.717) is 15.3 Å². The number of anilines is 1. The van der Waals surface area contributed by atoms with Gasteiger partial charge in [0.15, 0.2) is 0 Å². The van der Waals surface area contributed by atoms with Crippen LogP contribution in [-0.4, -0.2) is 37.2 Å². The molecule has 2 N–H and O–H groups in total. The molecule has 27 heavy (non-hydrogen) atoms. The second-order valence-electron chi connectivity index (χ2n) is 5.33. The van der Waals surface area contributed by atoms with Gasteiger partial charge < -0.3 is 15.4 Å². The number of amides is 2. The smallest absolute Gasteiger partial charge is 0.341 e. The summed E-state index contributed by atoms with van der Waals surface area (Å²) in [6.07, 6.45) is 0. The van der Waals surface area contributed by atoms with Crippen molar-refractivity contribution in [1.29, 1.82) is 0 Å². The molecule has 0 radical (unpaired) electrons. The Balaban J connectivity index is 2.20. The maximum atomic E-state index is 13.6. The summed E-state index contributed by atoms with van der Waals surface area (Å²) in [7, 11) is 1.48. The van der Waals surface area contributed by atoms with Crippen molar-refractivity contribution in [2.75, 3.05) is 24.7 Å². The molecule has 144 valence electrons. The maximum Gasteiger partial charge on any atom is 0.341 e. The largest absolute Gasteiger partial charge is 0.462 e. The summed E-state index contributed by atoms with van der Waals surface area (Å²) < 4.78 is 18.7. The number of carbonyl (C=O) groups excluding carboxylic acids is 3. The predicted molar refractivity (Wildman–Crippen MR) is 104 cm³/mol. The van der Waals surface area contributed by atoms with Crippen molar-refractivity contribution in [3.8, 4) is 0 Å². The van der Waals surface area contributed by atoms with Gasteiger partial charge in [0.05, 0.1) is 22.8 Å². The number of rotatable bonds is 7. The lowest BCUT2D eigenvalue weighted by molar-refractivity contribution is -0.113. The van der Waals surface area contributed by atoms with Crippen LogP contribution in [0.2, 0.25) is 0 Å². The van der Waals surface area contributed by atoms with E-state index in [-0.39, 0.29) is 28.8 Å². The maximum absolute atomic E-state index is 13.6. The van der Waals surface area contributed by atoms with Gasteiger partial charge in [-0.1, -0.05) is 12.1 Å². The molecule has 2 amide bonds. The third-order valence-electron chi connectivity index (χ3n) is 3.51. The van der Waals surface area contributed by atoms with Gasteiger partial charge >= 0.3 is 5.97 Å². The second-order valence-corrected chi connectivity index (χ2v) is 7.36. The van der Waals surface area contributed by atoms with Crippen molar-refractivity contribution in [1.82, 2.24) is 5.32 Å². The first-order valence-electron chi connectivity index (χ1n) is 8.08. The summed E-state index contributed by atoms with van der Waals surface area (Å²) in [5, 5.41) is 5.38. The molecule has 0 saturated carbocycles. The molecule has 1 aromatic carbocycles. The summed E-state index contributed by atoms with van der Waals surface area (Å²) in [5.74, 6) is -1.84. The first kappa shape index (κ1) is 20.9. The zero-order chi connectivity index (χ0) is 20.0. The highest BCUT2D eigenvalue weighted by Gasteiger charge is 2.26. The molecule has 0 aliphatic carbocycles. The molecule has 0 unspecified atom stereocenters. The Morgan fingerprint density at radius 2 is 1.96 bits per heavy atom. The number of nitrogens with one attached hydrogen (secondary N) is 2. The molecule has 0 spiro atoms. The van der Waals surface area contributed by atoms with E-state index in [1.165, 1.54) is 13.1 Å². The SMILES string of the molecule is CCOC(=O)c1c(NC(=O)CSc2ccccc2F)sc(C(=O)NC)c1C. The quantitative estimate of drug-likeness (QED) is 0.539. The Bertz CT molecular complexity index is 867. The number of carbonyl (C=O) groups is 3. The Morgan fingerprint density at radius 1 is 1.26 bits per heavy atom. The summed E-state index contributed by atoms with van der Waals surface area (Å²) in [4.78, 5) is 37.2. The Hall–Kier alpha value is -2.39.